The first kappa shape index (κ1) is 19.8. The van der Waals surface area contributed by atoms with Gasteiger partial charge >= 0.3 is 5.97 Å². The van der Waals surface area contributed by atoms with Crippen LogP contribution < -0.4 is 10.6 Å². The third kappa shape index (κ3) is 3.10. The standard InChI is InChI=1S/C22H25N3O3/c1-4-13-25(3)20-17(11-8-12-24-20)19(26)22(21(27)28-5-2)14-15-9-6-7-10-16(15)18(22)23/h4,6-12,18H,1,5,13-14,23H2,2-3H3. The number of Topliss-reactive ketones (excluding diaryl/α,β-unsaturated/α-hetero) is 1. The van der Waals surface area contributed by atoms with Crippen LogP contribution in [0.5, 0.6) is 0 Å². The predicted octanol–water partition coefficient (Wildman–Crippen LogP) is 2.69. The van der Waals surface area contributed by atoms with Crippen molar-refractivity contribution in [2.75, 3.05) is 25.1 Å². The minimum Gasteiger partial charge on any atom is -0.465 e. The maximum atomic E-state index is 13.8. The molecule has 0 bridgehead atoms. The molecule has 28 heavy (non-hydrogen) atoms. The van der Waals surface area contributed by atoms with Gasteiger partial charge in [0.15, 0.2) is 11.2 Å². The largest absolute Gasteiger partial charge is 0.465 e. The Morgan fingerprint density at radius 1 is 1.36 bits per heavy atom. The average Bonchev–Trinajstić information content (AvgIpc) is 3.01. The second-order valence-electron chi connectivity index (χ2n) is 6.92. The number of carbonyl (C=O) groups is 2. The van der Waals surface area contributed by atoms with Crippen molar-refractivity contribution in [1.82, 2.24) is 4.98 Å². The molecule has 0 fully saturated rings. The molecule has 0 amide bonds. The number of aromatic nitrogens is 1. The van der Waals surface area contributed by atoms with Crippen molar-refractivity contribution in [3.8, 4) is 0 Å². The first-order valence-electron chi connectivity index (χ1n) is 9.29. The maximum Gasteiger partial charge on any atom is 0.322 e. The molecular weight excluding hydrogens is 354 g/mol. The molecule has 146 valence electrons. The Morgan fingerprint density at radius 3 is 2.79 bits per heavy atom. The van der Waals surface area contributed by atoms with Gasteiger partial charge in [0.2, 0.25) is 0 Å². The number of nitrogens with zero attached hydrogens (tertiary/aromatic N) is 2. The van der Waals surface area contributed by atoms with Crippen LogP contribution in [0, 0.1) is 5.41 Å². The monoisotopic (exact) mass is 379 g/mol. The van der Waals surface area contributed by atoms with Crippen LogP contribution in [0.15, 0.2) is 55.3 Å². The summed E-state index contributed by atoms with van der Waals surface area (Å²) < 4.78 is 5.33. The molecule has 2 aromatic rings. The van der Waals surface area contributed by atoms with Gasteiger partial charge in [-0.25, -0.2) is 4.98 Å². The molecule has 2 N–H and O–H groups in total. The highest BCUT2D eigenvalue weighted by atomic mass is 16.5. The summed E-state index contributed by atoms with van der Waals surface area (Å²) in [5.74, 6) is -0.474. The fraction of sp³-hybridized carbons (Fsp3) is 0.318. The molecule has 0 aliphatic heterocycles. The van der Waals surface area contributed by atoms with Gasteiger partial charge in [0, 0.05) is 19.8 Å². The van der Waals surface area contributed by atoms with Crippen molar-refractivity contribution < 1.29 is 14.3 Å². The van der Waals surface area contributed by atoms with Gasteiger partial charge in [-0.2, -0.15) is 0 Å². The van der Waals surface area contributed by atoms with E-state index < -0.39 is 17.4 Å². The lowest BCUT2D eigenvalue weighted by atomic mass is 9.74. The van der Waals surface area contributed by atoms with Crippen LogP contribution in [0.2, 0.25) is 0 Å². The van der Waals surface area contributed by atoms with E-state index in [1.54, 1.807) is 31.3 Å². The topological polar surface area (TPSA) is 85.5 Å². The summed E-state index contributed by atoms with van der Waals surface area (Å²) in [6.45, 7) is 6.14. The van der Waals surface area contributed by atoms with Gasteiger partial charge in [-0.1, -0.05) is 30.3 Å². The SMILES string of the molecule is C=CCN(C)c1ncccc1C(=O)C1(C(=O)OCC)Cc2ccccc2C1N. The quantitative estimate of drug-likeness (QED) is 0.345. The van der Waals surface area contributed by atoms with E-state index in [-0.39, 0.29) is 18.8 Å². The van der Waals surface area contributed by atoms with E-state index in [2.05, 4.69) is 11.6 Å². The van der Waals surface area contributed by atoms with E-state index in [1.807, 2.05) is 36.2 Å². The number of hydrogen-bond acceptors (Lipinski definition) is 6. The Kier molecular flexibility index (Phi) is 5.61. The van der Waals surface area contributed by atoms with Crippen molar-refractivity contribution in [3.63, 3.8) is 0 Å². The molecule has 1 aliphatic carbocycles. The zero-order chi connectivity index (χ0) is 20.3. The van der Waals surface area contributed by atoms with Crippen LogP contribution in [0.4, 0.5) is 5.82 Å². The van der Waals surface area contributed by atoms with E-state index in [4.69, 9.17) is 10.5 Å². The molecule has 1 aromatic carbocycles. The van der Waals surface area contributed by atoms with Gasteiger partial charge in [-0.3, -0.25) is 9.59 Å². The Bertz CT molecular complexity index is 911. The second kappa shape index (κ2) is 7.94. The van der Waals surface area contributed by atoms with Gasteiger partial charge in [-0.05, 0) is 36.6 Å². The van der Waals surface area contributed by atoms with Crippen molar-refractivity contribution >= 4 is 17.6 Å². The van der Waals surface area contributed by atoms with Crippen LogP contribution in [0.3, 0.4) is 0 Å². The first-order valence-corrected chi connectivity index (χ1v) is 9.29. The number of nitrogens with two attached hydrogens (primary N) is 1. The second-order valence-corrected chi connectivity index (χ2v) is 6.92. The number of pyridine rings is 1. The summed E-state index contributed by atoms with van der Waals surface area (Å²) in [5, 5.41) is 0. The van der Waals surface area contributed by atoms with Crippen molar-refractivity contribution in [2.45, 2.75) is 19.4 Å². The zero-order valence-corrected chi connectivity index (χ0v) is 16.2. The number of esters is 1. The number of rotatable bonds is 7. The molecule has 0 spiro atoms. The minimum absolute atomic E-state index is 0.174. The lowest BCUT2D eigenvalue weighted by molar-refractivity contribution is -0.153. The van der Waals surface area contributed by atoms with Gasteiger partial charge in [-0.15, -0.1) is 6.58 Å². The van der Waals surface area contributed by atoms with E-state index in [0.717, 1.165) is 11.1 Å². The van der Waals surface area contributed by atoms with Crippen LogP contribution in [-0.2, 0) is 16.0 Å². The van der Waals surface area contributed by atoms with Crippen LogP contribution >= 0.6 is 0 Å². The number of ether oxygens (including phenoxy) is 1. The Labute approximate surface area is 165 Å². The lowest BCUT2D eigenvalue weighted by Crippen LogP contribution is -2.47. The fourth-order valence-corrected chi connectivity index (χ4v) is 3.85. The minimum atomic E-state index is -1.51. The highest BCUT2D eigenvalue weighted by molar-refractivity contribution is 6.16. The molecule has 1 aromatic heterocycles. The molecule has 6 nitrogen and oxygen atoms in total. The van der Waals surface area contributed by atoms with Crippen LogP contribution in [0.25, 0.3) is 0 Å². The fourth-order valence-electron chi connectivity index (χ4n) is 3.85. The number of carbonyl (C=O) groups excluding carboxylic acids is 2. The highest BCUT2D eigenvalue weighted by Crippen LogP contribution is 2.48. The summed E-state index contributed by atoms with van der Waals surface area (Å²) in [6, 6.07) is 10.1. The van der Waals surface area contributed by atoms with Crippen LogP contribution in [-0.4, -0.2) is 36.9 Å². The van der Waals surface area contributed by atoms with Gasteiger partial charge in [0.25, 0.3) is 0 Å². The summed E-state index contributed by atoms with van der Waals surface area (Å²) in [6.07, 6.45) is 3.55. The third-order valence-corrected chi connectivity index (χ3v) is 5.23. The van der Waals surface area contributed by atoms with E-state index in [1.165, 1.54) is 0 Å². The van der Waals surface area contributed by atoms with E-state index in [9.17, 15) is 9.59 Å². The smallest absolute Gasteiger partial charge is 0.322 e. The third-order valence-electron chi connectivity index (χ3n) is 5.23. The number of fused-ring (bicyclic) bond motifs is 1. The van der Waals surface area contributed by atoms with Crippen LogP contribution in [0.1, 0.15) is 34.5 Å². The van der Waals surface area contributed by atoms with Gasteiger partial charge < -0.3 is 15.4 Å². The number of ketones is 1. The van der Waals surface area contributed by atoms with E-state index >= 15 is 0 Å². The lowest BCUT2D eigenvalue weighted by Gasteiger charge is -2.31. The zero-order valence-electron chi connectivity index (χ0n) is 16.2. The maximum absolute atomic E-state index is 13.8. The summed E-state index contributed by atoms with van der Waals surface area (Å²) in [4.78, 5) is 33.1. The average molecular weight is 379 g/mol. The van der Waals surface area contributed by atoms with Gasteiger partial charge in [0.1, 0.15) is 5.82 Å². The number of benzene rings is 1. The molecule has 6 heteroatoms. The highest BCUT2D eigenvalue weighted by Gasteiger charge is 2.57. The van der Waals surface area contributed by atoms with E-state index in [0.29, 0.717) is 17.9 Å². The number of hydrogen-bond donors (Lipinski definition) is 1. The molecule has 3 rings (SSSR count). The van der Waals surface area contributed by atoms with Crippen molar-refractivity contribution in [3.05, 3.63) is 71.9 Å². The predicted molar refractivity (Wildman–Crippen MR) is 108 cm³/mol. The Morgan fingerprint density at radius 2 is 2.11 bits per heavy atom. The molecule has 0 saturated carbocycles. The first-order chi connectivity index (χ1) is 13.5. The van der Waals surface area contributed by atoms with Crippen molar-refractivity contribution in [2.24, 2.45) is 11.1 Å². The summed E-state index contributed by atoms with van der Waals surface area (Å²) in [7, 11) is 1.82. The molecule has 2 atom stereocenters. The Balaban J connectivity index is 2.13. The molecule has 2 unspecified atom stereocenters. The molecular formula is C22H25N3O3. The molecule has 0 radical (unpaired) electrons. The van der Waals surface area contributed by atoms with Crippen molar-refractivity contribution in [1.29, 1.82) is 0 Å². The van der Waals surface area contributed by atoms with Gasteiger partial charge in [0.05, 0.1) is 18.2 Å². The molecule has 1 heterocycles. The summed E-state index contributed by atoms with van der Waals surface area (Å²) in [5.41, 5.74) is 7.04. The molecule has 1 aliphatic rings. The normalized spacial score (nSPS) is 20.3. The summed E-state index contributed by atoms with van der Waals surface area (Å²) >= 11 is 0. The Hall–Kier alpha value is -2.99. The number of anilines is 1. The molecule has 0 saturated heterocycles. The number of likely N-dealkylation sites (N-methyl/N-ethyl adjacent to an activating group) is 1.